The van der Waals surface area contributed by atoms with Crippen LogP contribution < -0.4 is 0 Å². The normalized spacial score (nSPS) is 24.8. The Kier molecular flexibility index (Phi) is 3.14. The third-order valence-electron chi connectivity index (χ3n) is 2.96. The summed E-state index contributed by atoms with van der Waals surface area (Å²) in [7, 11) is 0. The van der Waals surface area contributed by atoms with E-state index in [1.807, 2.05) is 6.08 Å². The molecule has 0 fully saturated rings. The van der Waals surface area contributed by atoms with E-state index in [9.17, 15) is 0 Å². The molecular formula is C11H20O2. The van der Waals surface area contributed by atoms with Gasteiger partial charge in [0, 0.05) is 0 Å². The molecule has 0 radical (unpaired) electrons. The molecule has 2 N–H and O–H groups in total. The Morgan fingerprint density at radius 3 is 2.46 bits per heavy atom. The second-order valence-corrected chi connectivity index (χ2v) is 5.00. The lowest BCUT2D eigenvalue weighted by atomic mass is 9.72. The molecule has 0 spiro atoms. The maximum Gasteiger partial charge on any atom is 0.174 e. The van der Waals surface area contributed by atoms with Crippen LogP contribution in [0.15, 0.2) is 11.6 Å². The monoisotopic (exact) mass is 184 g/mol. The Hall–Kier alpha value is -0.340. The van der Waals surface area contributed by atoms with E-state index in [2.05, 4.69) is 20.8 Å². The molecule has 1 rings (SSSR count). The van der Waals surface area contributed by atoms with Crippen LogP contribution in [0.5, 0.6) is 0 Å². The Morgan fingerprint density at radius 1 is 1.38 bits per heavy atom. The molecule has 1 aliphatic carbocycles. The Bertz CT molecular complexity index is 199. The first kappa shape index (κ1) is 10.7. The van der Waals surface area contributed by atoms with Gasteiger partial charge in [-0.15, -0.1) is 0 Å². The lowest BCUT2D eigenvalue weighted by molar-refractivity contribution is -0.0155. The van der Waals surface area contributed by atoms with Gasteiger partial charge >= 0.3 is 0 Å². The third-order valence-corrected chi connectivity index (χ3v) is 2.96. The first-order valence-corrected chi connectivity index (χ1v) is 4.96. The zero-order valence-corrected chi connectivity index (χ0v) is 8.75. The average Bonchev–Trinajstić information content (AvgIpc) is 2.03. The van der Waals surface area contributed by atoms with Gasteiger partial charge in [0.1, 0.15) is 0 Å². The molecule has 0 bridgehead atoms. The fraction of sp³-hybridized carbons (Fsp3) is 0.818. The molecule has 1 unspecified atom stereocenters. The van der Waals surface area contributed by atoms with Crippen molar-refractivity contribution in [3.63, 3.8) is 0 Å². The predicted molar refractivity (Wildman–Crippen MR) is 53.1 cm³/mol. The van der Waals surface area contributed by atoms with Gasteiger partial charge in [-0.1, -0.05) is 26.8 Å². The standard InChI is InChI=1S/C11H20O2/c1-11(2,3)9-6-4-5-8(7-9)10(12)13/h5,9-10,12-13H,4,6-7H2,1-3H3. The Balaban J connectivity index is 2.63. The molecule has 0 saturated heterocycles. The largest absolute Gasteiger partial charge is 0.365 e. The highest BCUT2D eigenvalue weighted by Gasteiger charge is 2.28. The van der Waals surface area contributed by atoms with Gasteiger partial charge < -0.3 is 10.2 Å². The predicted octanol–water partition coefficient (Wildman–Crippen LogP) is 2.07. The van der Waals surface area contributed by atoms with Crippen molar-refractivity contribution < 1.29 is 10.2 Å². The minimum absolute atomic E-state index is 0.272. The number of hydrogen-bond donors (Lipinski definition) is 2. The van der Waals surface area contributed by atoms with E-state index >= 15 is 0 Å². The van der Waals surface area contributed by atoms with Gasteiger partial charge in [-0.2, -0.15) is 0 Å². The fourth-order valence-corrected chi connectivity index (χ4v) is 1.89. The summed E-state index contributed by atoms with van der Waals surface area (Å²) in [6.07, 6.45) is 3.70. The number of aliphatic hydroxyl groups is 2. The highest BCUT2D eigenvalue weighted by molar-refractivity contribution is 5.10. The fourth-order valence-electron chi connectivity index (χ4n) is 1.89. The van der Waals surface area contributed by atoms with E-state index in [-0.39, 0.29) is 5.41 Å². The summed E-state index contributed by atoms with van der Waals surface area (Å²) < 4.78 is 0. The molecule has 1 aliphatic rings. The minimum Gasteiger partial charge on any atom is -0.365 e. The van der Waals surface area contributed by atoms with Crippen LogP contribution in [0.4, 0.5) is 0 Å². The zero-order chi connectivity index (χ0) is 10.1. The summed E-state index contributed by atoms with van der Waals surface area (Å²) in [5.74, 6) is 0.578. The van der Waals surface area contributed by atoms with E-state index in [1.165, 1.54) is 6.42 Å². The molecule has 76 valence electrons. The van der Waals surface area contributed by atoms with Crippen molar-refractivity contribution in [3.05, 3.63) is 11.6 Å². The molecule has 13 heavy (non-hydrogen) atoms. The van der Waals surface area contributed by atoms with Crippen molar-refractivity contribution in [2.45, 2.75) is 46.3 Å². The highest BCUT2D eigenvalue weighted by Crippen LogP contribution is 2.38. The average molecular weight is 184 g/mol. The van der Waals surface area contributed by atoms with Crippen molar-refractivity contribution in [2.24, 2.45) is 11.3 Å². The van der Waals surface area contributed by atoms with Gasteiger partial charge in [-0.05, 0) is 36.2 Å². The van der Waals surface area contributed by atoms with Crippen LogP contribution in [0.2, 0.25) is 0 Å². The SMILES string of the molecule is CC(C)(C)C1CCC=C(C(O)O)C1. The maximum atomic E-state index is 9.05. The van der Waals surface area contributed by atoms with Crippen LogP contribution in [-0.2, 0) is 0 Å². The van der Waals surface area contributed by atoms with Crippen molar-refractivity contribution >= 4 is 0 Å². The summed E-state index contributed by atoms with van der Waals surface area (Å²) in [6, 6.07) is 0. The third kappa shape index (κ3) is 2.82. The summed E-state index contributed by atoms with van der Waals surface area (Å²) >= 11 is 0. The van der Waals surface area contributed by atoms with Gasteiger partial charge in [-0.3, -0.25) is 0 Å². The lowest BCUT2D eigenvalue weighted by Crippen LogP contribution is -2.25. The highest BCUT2D eigenvalue weighted by atomic mass is 16.5. The van der Waals surface area contributed by atoms with Crippen molar-refractivity contribution in [3.8, 4) is 0 Å². The van der Waals surface area contributed by atoms with Crippen LogP contribution in [-0.4, -0.2) is 16.5 Å². The molecule has 0 heterocycles. The van der Waals surface area contributed by atoms with Gasteiger partial charge in [-0.25, -0.2) is 0 Å². The molecular weight excluding hydrogens is 164 g/mol. The topological polar surface area (TPSA) is 40.5 Å². The van der Waals surface area contributed by atoms with Gasteiger partial charge in [0.15, 0.2) is 6.29 Å². The van der Waals surface area contributed by atoms with Crippen molar-refractivity contribution in [1.29, 1.82) is 0 Å². The number of allylic oxidation sites excluding steroid dienone is 1. The van der Waals surface area contributed by atoms with Gasteiger partial charge in [0.25, 0.3) is 0 Å². The van der Waals surface area contributed by atoms with Crippen LogP contribution in [0.25, 0.3) is 0 Å². The van der Waals surface area contributed by atoms with Crippen LogP contribution >= 0.6 is 0 Å². The van der Waals surface area contributed by atoms with E-state index in [0.29, 0.717) is 5.92 Å². The molecule has 2 heteroatoms. The molecule has 1 atom stereocenters. The molecule has 0 aromatic heterocycles. The van der Waals surface area contributed by atoms with E-state index in [0.717, 1.165) is 18.4 Å². The van der Waals surface area contributed by atoms with Crippen LogP contribution in [0.1, 0.15) is 40.0 Å². The number of aliphatic hydroxyl groups excluding tert-OH is 1. The zero-order valence-electron chi connectivity index (χ0n) is 8.75. The molecule has 0 amide bonds. The molecule has 0 aromatic carbocycles. The summed E-state index contributed by atoms with van der Waals surface area (Å²) in [5.41, 5.74) is 1.07. The molecule has 0 aliphatic heterocycles. The van der Waals surface area contributed by atoms with Crippen molar-refractivity contribution in [1.82, 2.24) is 0 Å². The summed E-state index contributed by atoms with van der Waals surface area (Å²) in [5, 5.41) is 18.1. The number of hydrogen-bond acceptors (Lipinski definition) is 2. The second-order valence-electron chi connectivity index (χ2n) is 5.00. The van der Waals surface area contributed by atoms with E-state index < -0.39 is 6.29 Å². The maximum absolute atomic E-state index is 9.05. The first-order chi connectivity index (χ1) is 5.91. The Labute approximate surface area is 80.3 Å². The lowest BCUT2D eigenvalue weighted by Gasteiger charge is -2.34. The first-order valence-electron chi connectivity index (χ1n) is 4.96. The minimum atomic E-state index is -1.25. The summed E-state index contributed by atoms with van der Waals surface area (Å²) in [4.78, 5) is 0. The van der Waals surface area contributed by atoms with Gasteiger partial charge in [0.2, 0.25) is 0 Å². The molecule has 0 aromatic rings. The van der Waals surface area contributed by atoms with Crippen molar-refractivity contribution in [2.75, 3.05) is 0 Å². The van der Waals surface area contributed by atoms with E-state index in [4.69, 9.17) is 10.2 Å². The van der Waals surface area contributed by atoms with Crippen LogP contribution in [0.3, 0.4) is 0 Å². The smallest absolute Gasteiger partial charge is 0.174 e. The quantitative estimate of drug-likeness (QED) is 0.484. The second kappa shape index (κ2) is 3.81. The van der Waals surface area contributed by atoms with Crippen LogP contribution in [0, 0.1) is 11.3 Å². The summed E-state index contributed by atoms with van der Waals surface area (Å²) in [6.45, 7) is 6.64. The molecule has 2 nitrogen and oxygen atoms in total. The molecule has 0 saturated carbocycles. The van der Waals surface area contributed by atoms with E-state index in [1.54, 1.807) is 0 Å². The van der Waals surface area contributed by atoms with Gasteiger partial charge in [0.05, 0.1) is 0 Å². The Morgan fingerprint density at radius 2 is 2.00 bits per heavy atom. The number of rotatable bonds is 1.